The molecule has 2 N–H and O–H groups in total. The van der Waals surface area contributed by atoms with E-state index >= 15 is 0 Å². The normalized spacial score (nSPS) is 12.1. The molecule has 0 atom stereocenters. The van der Waals surface area contributed by atoms with Gasteiger partial charge in [-0.05, 0) is 35.4 Å². The maximum absolute atomic E-state index is 10.6. The van der Waals surface area contributed by atoms with Gasteiger partial charge in [0.2, 0.25) is 0 Å². The van der Waals surface area contributed by atoms with Gasteiger partial charge in [0, 0.05) is 5.41 Å². The summed E-state index contributed by atoms with van der Waals surface area (Å²) in [4.78, 5) is 0. The van der Waals surface area contributed by atoms with Crippen molar-refractivity contribution in [1.29, 1.82) is 0 Å². The zero-order valence-electron chi connectivity index (χ0n) is 11.6. The number of benzene rings is 2. The zero-order chi connectivity index (χ0) is 15.7. The second kappa shape index (κ2) is 5.38. The summed E-state index contributed by atoms with van der Waals surface area (Å²) in [5, 5.41) is 9.34. The summed E-state index contributed by atoms with van der Waals surface area (Å²) in [6.45, 7) is 4.02. The Morgan fingerprint density at radius 2 is 1.33 bits per heavy atom. The third-order valence-corrected chi connectivity index (χ3v) is 3.77. The standard InChI is InChI=1S/C15H16O5S/c1-15(2,11-3-7-13(16)8-4-11)12-5-9-14(10-6-12)20-21(17,18)19/h3-10,16H,1-2H3,(H,17,18,19). The largest absolute Gasteiger partial charge is 0.508 e. The van der Waals surface area contributed by atoms with Gasteiger partial charge in [0.05, 0.1) is 0 Å². The van der Waals surface area contributed by atoms with Crippen LogP contribution in [-0.4, -0.2) is 18.1 Å². The van der Waals surface area contributed by atoms with Crippen molar-refractivity contribution >= 4 is 10.4 Å². The highest BCUT2D eigenvalue weighted by atomic mass is 32.3. The van der Waals surface area contributed by atoms with E-state index in [-0.39, 0.29) is 16.9 Å². The molecule has 2 aromatic carbocycles. The predicted octanol–water partition coefficient (Wildman–Crippen LogP) is 2.90. The van der Waals surface area contributed by atoms with Crippen LogP contribution in [0.5, 0.6) is 11.5 Å². The summed E-state index contributed by atoms with van der Waals surface area (Å²) < 4.78 is 34.3. The molecule has 0 heterocycles. The Balaban J connectivity index is 2.30. The summed E-state index contributed by atoms with van der Waals surface area (Å²) >= 11 is 0. The van der Waals surface area contributed by atoms with Gasteiger partial charge in [-0.25, -0.2) is 0 Å². The molecule has 0 bridgehead atoms. The maximum atomic E-state index is 10.6. The Labute approximate surface area is 123 Å². The lowest BCUT2D eigenvalue weighted by molar-refractivity contribution is 0.386. The molecule has 0 radical (unpaired) electrons. The fourth-order valence-electron chi connectivity index (χ4n) is 2.09. The lowest BCUT2D eigenvalue weighted by atomic mass is 9.78. The van der Waals surface area contributed by atoms with Crippen LogP contribution in [0.2, 0.25) is 0 Å². The van der Waals surface area contributed by atoms with E-state index in [2.05, 4.69) is 4.18 Å². The number of rotatable bonds is 4. The van der Waals surface area contributed by atoms with Crippen molar-refractivity contribution in [1.82, 2.24) is 0 Å². The molecule has 21 heavy (non-hydrogen) atoms. The van der Waals surface area contributed by atoms with Crippen molar-refractivity contribution in [3.05, 3.63) is 59.7 Å². The van der Waals surface area contributed by atoms with Gasteiger partial charge >= 0.3 is 10.4 Å². The molecule has 0 aliphatic rings. The first kappa shape index (κ1) is 15.3. The van der Waals surface area contributed by atoms with Crippen molar-refractivity contribution in [2.45, 2.75) is 19.3 Å². The van der Waals surface area contributed by atoms with Crippen LogP contribution in [0, 0.1) is 0 Å². The fraction of sp³-hybridized carbons (Fsp3) is 0.200. The van der Waals surface area contributed by atoms with E-state index in [4.69, 9.17) is 4.55 Å². The monoisotopic (exact) mass is 308 g/mol. The van der Waals surface area contributed by atoms with Crippen LogP contribution in [0.1, 0.15) is 25.0 Å². The van der Waals surface area contributed by atoms with Crippen molar-refractivity contribution in [2.75, 3.05) is 0 Å². The summed E-state index contributed by atoms with van der Waals surface area (Å²) in [7, 11) is -4.51. The molecular formula is C15H16O5S. The van der Waals surface area contributed by atoms with E-state index in [1.165, 1.54) is 12.1 Å². The summed E-state index contributed by atoms with van der Waals surface area (Å²) in [6, 6.07) is 13.3. The first-order valence-corrected chi connectivity index (χ1v) is 7.62. The van der Waals surface area contributed by atoms with E-state index in [0.29, 0.717) is 0 Å². The number of phenolic OH excluding ortho intramolecular Hbond substituents is 1. The Kier molecular flexibility index (Phi) is 3.93. The number of phenols is 1. The Morgan fingerprint density at radius 1 is 0.905 bits per heavy atom. The summed E-state index contributed by atoms with van der Waals surface area (Å²) in [6.07, 6.45) is 0. The second-order valence-electron chi connectivity index (χ2n) is 5.21. The molecule has 6 heteroatoms. The highest BCUT2D eigenvalue weighted by Gasteiger charge is 2.23. The van der Waals surface area contributed by atoms with Crippen LogP contribution < -0.4 is 4.18 Å². The molecule has 0 unspecified atom stereocenters. The van der Waals surface area contributed by atoms with Crippen LogP contribution in [0.15, 0.2) is 48.5 Å². The molecule has 0 aromatic heterocycles. The van der Waals surface area contributed by atoms with E-state index in [9.17, 15) is 13.5 Å². The third-order valence-electron chi connectivity index (χ3n) is 3.37. The molecule has 0 saturated heterocycles. The van der Waals surface area contributed by atoms with E-state index < -0.39 is 10.4 Å². The molecule has 0 fully saturated rings. The van der Waals surface area contributed by atoms with E-state index in [0.717, 1.165) is 11.1 Å². The number of aromatic hydroxyl groups is 1. The van der Waals surface area contributed by atoms with E-state index in [1.54, 1.807) is 24.3 Å². The SMILES string of the molecule is CC(C)(c1ccc(O)cc1)c1ccc(OS(=O)(=O)O)cc1. The smallest absolute Gasteiger partial charge is 0.446 e. The second-order valence-corrected chi connectivity index (χ2v) is 6.23. The lowest BCUT2D eigenvalue weighted by Crippen LogP contribution is -2.18. The molecule has 5 nitrogen and oxygen atoms in total. The van der Waals surface area contributed by atoms with Gasteiger partial charge in [-0.1, -0.05) is 38.1 Å². The minimum atomic E-state index is -4.51. The number of hydrogen-bond donors (Lipinski definition) is 2. The minimum absolute atomic E-state index is 0.0442. The van der Waals surface area contributed by atoms with Gasteiger partial charge in [-0.2, -0.15) is 8.42 Å². The average Bonchev–Trinajstić information content (AvgIpc) is 2.38. The molecule has 0 aliphatic heterocycles. The van der Waals surface area contributed by atoms with Gasteiger partial charge in [0.15, 0.2) is 0 Å². The van der Waals surface area contributed by atoms with Crippen molar-refractivity contribution < 1.29 is 22.3 Å². The van der Waals surface area contributed by atoms with Crippen LogP contribution in [-0.2, 0) is 15.8 Å². The van der Waals surface area contributed by atoms with Crippen LogP contribution in [0.25, 0.3) is 0 Å². The fourth-order valence-corrected chi connectivity index (χ4v) is 2.45. The van der Waals surface area contributed by atoms with Gasteiger partial charge in [-0.15, -0.1) is 0 Å². The lowest BCUT2D eigenvalue weighted by Gasteiger charge is -2.26. The summed E-state index contributed by atoms with van der Waals surface area (Å²) in [5.41, 5.74) is 1.62. The van der Waals surface area contributed by atoms with Crippen LogP contribution in [0.4, 0.5) is 0 Å². The highest BCUT2D eigenvalue weighted by Crippen LogP contribution is 2.33. The van der Waals surface area contributed by atoms with Crippen molar-refractivity contribution in [2.24, 2.45) is 0 Å². The van der Waals surface area contributed by atoms with Crippen LogP contribution >= 0.6 is 0 Å². The van der Waals surface area contributed by atoms with Crippen LogP contribution in [0.3, 0.4) is 0 Å². The molecule has 0 amide bonds. The summed E-state index contributed by atoms with van der Waals surface area (Å²) in [5.74, 6) is 0.245. The Bertz CT molecular complexity index is 716. The van der Waals surface area contributed by atoms with Crippen molar-refractivity contribution in [3.8, 4) is 11.5 Å². The number of hydrogen-bond acceptors (Lipinski definition) is 4. The van der Waals surface area contributed by atoms with Gasteiger partial charge in [-0.3, -0.25) is 4.55 Å². The van der Waals surface area contributed by atoms with Gasteiger partial charge < -0.3 is 9.29 Å². The zero-order valence-corrected chi connectivity index (χ0v) is 12.5. The quantitative estimate of drug-likeness (QED) is 0.848. The highest BCUT2D eigenvalue weighted by molar-refractivity contribution is 7.81. The first-order valence-electron chi connectivity index (χ1n) is 6.25. The predicted molar refractivity (Wildman–Crippen MR) is 78.9 cm³/mol. The minimum Gasteiger partial charge on any atom is -0.508 e. The molecule has 0 spiro atoms. The molecule has 0 saturated carbocycles. The molecule has 112 valence electrons. The maximum Gasteiger partial charge on any atom is 0.446 e. The van der Waals surface area contributed by atoms with Gasteiger partial charge in [0.25, 0.3) is 0 Å². The average molecular weight is 308 g/mol. The van der Waals surface area contributed by atoms with E-state index in [1.807, 2.05) is 26.0 Å². The third kappa shape index (κ3) is 3.74. The first-order chi connectivity index (χ1) is 9.68. The molecular weight excluding hydrogens is 292 g/mol. The van der Waals surface area contributed by atoms with Gasteiger partial charge in [0.1, 0.15) is 11.5 Å². The molecule has 0 aliphatic carbocycles. The Hall–Kier alpha value is -2.05. The molecule has 2 rings (SSSR count). The molecule has 2 aromatic rings. The van der Waals surface area contributed by atoms with Crippen molar-refractivity contribution in [3.63, 3.8) is 0 Å². The Morgan fingerprint density at radius 3 is 1.76 bits per heavy atom. The topological polar surface area (TPSA) is 83.8 Å².